The van der Waals surface area contributed by atoms with Crippen LogP contribution in [0, 0.1) is 0 Å². The second-order valence-electron chi connectivity index (χ2n) is 8.05. The molecule has 0 aliphatic rings. The maximum atomic E-state index is 13.5. The fourth-order valence-electron chi connectivity index (χ4n) is 2.11. The van der Waals surface area contributed by atoms with Gasteiger partial charge in [-0.2, -0.15) is 0 Å². The smallest absolute Gasteiger partial charge is 0.419 e. The fourth-order valence-corrected chi connectivity index (χ4v) is 8.81. The number of nitrogens with zero attached hydrogens (tertiary/aromatic N) is 1. The molecule has 0 N–H and O–H groups in total. The number of carbonyl (C=O) groups is 3. The maximum absolute atomic E-state index is 13.5. The highest BCUT2D eigenvalue weighted by molar-refractivity contribution is 7.60. The number of carbonyl (C=O) groups excluding carboxylic acids is 3. The Morgan fingerprint density at radius 3 is 1.68 bits per heavy atom. The first-order valence-corrected chi connectivity index (χ1v) is 18.1. The van der Waals surface area contributed by atoms with Crippen LogP contribution in [-0.2, 0) is 27.5 Å². The van der Waals surface area contributed by atoms with Gasteiger partial charge in [-0.1, -0.05) is 0 Å². The molecule has 0 saturated heterocycles. The summed E-state index contributed by atoms with van der Waals surface area (Å²) in [7, 11) is -7.98. The molecule has 0 aliphatic heterocycles. The molecule has 1 unspecified atom stereocenters. The van der Waals surface area contributed by atoms with Crippen LogP contribution in [0.25, 0.3) is 0 Å². The molecule has 9 nitrogen and oxygen atoms in total. The molecule has 0 rings (SSSR count). The minimum atomic E-state index is -3.57. The number of rotatable bonds is 10. The van der Waals surface area contributed by atoms with Gasteiger partial charge >= 0.3 is 12.2 Å². The summed E-state index contributed by atoms with van der Waals surface area (Å²) < 4.78 is 34.4. The Labute approximate surface area is 169 Å². The summed E-state index contributed by atoms with van der Waals surface area (Å²) in [6.45, 7) is 14.4. The largest absolute Gasteiger partial charge is 0.520 e. The lowest BCUT2D eigenvalue weighted by atomic mass is 10.5. The standard InChI is InChI=1S/C16H34NO8PSi2/c1-9-22-15(19)17(16(20)23-10-2)13-26(21,25-28(6,7)8)12-11-14(18)24-27(3,4)5/h9-13H2,1-8H3. The van der Waals surface area contributed by atoms with E-state index in [1.165, 1.54) is 0 Å². The van der Waals surface area contributed by atoms with Crippen molar-refractivity contribution in [1.29, 1.82) is 0 Å². The Morgan fingerprint density at radius 2 is 1.32 bits per heavy atom. The molecule has 12 heteroatoms. The first kappa shape index (κ1) is 26.8. The van der Waals surface area contributed by atoms with Crippen LogP contribution < -0.4 is 0 Å². The van der Waals surface area contributed by atoms with Gasteiger partial charge in [0.1, 0.15) is 6.29 Å². The molecular weight excluding hydrogens is 421 g/mol. The topological polar surface area (TPSA) is 108 Å². The third-order valence-corrected chi connectivity index (χ3v) is 8.83. The molecule has 0 aliphatic carbocycles. The van der Waals surface area contributed by atoms with E-state index in [-0.39, 0.29) is 25.8 Å². The van der Waals surface area contributed by atoms with Gasteiger partial charge in [0, 0.05) is 6.16 Å². The normalized spacial score (nSPS) is 14.0. The van der Waals surface area contributed by atoms with Crippen molar-refractivity contribution < 1.29 is 37.1 Å². The van der Waals surface area contributed by atoms with Gasteiger partial charge in [0.2, 0.25) is 15.7 Å². The first-order chi connectivity index (χ1) is 12.6. The Bertz CT molecular complexity index is 582. The van der Waals surface area contributed by atoms with E-state index >= 15 is 0 Å². The van der Waals surface area contributed by atoms with Gasteiger partial charge in [-0.15, -0.1) is 0 Å². The third-order valence-electron chi connectivity index (χ3n) is 2.85. The van der Waals surface area contributed by atoms with Crippen molar-refractivity contribution in [2.24, 2.45) is 0 Å². The number of amides is 2. The molecule has 0 aromatic heterocycles. The second-order valence-corrected chi connectivity index (χ2v) is 19.8. The number of imide groups is 1. The van der Waals surface area contributed by atoms with E-state index < -0.39 is 48.4 Å². The van der Waals surface area contributed by atoms with Crippen molar-refractivity contribution in [3.8, 4) is 0 Å². The van der Waals surface area contributed by atoms with Crippen LogP contribution >= 0.6 is 7.37 Å². The number of ether oxygens (including phenoxy) is 2. The number of hydrogen-bond donors (Lipinski definition) is 0. The van der Waals surface area contributed by atoms with E-state index in [0.717, 1.165) is 0 Å². The summed E-state index contributed by atoms with van der Waals surface area (Å²) >= 11 is 0. The molecule has 0 bridgehead atoms. The van der Waals surface area contributed by atoms with Crippen LogP contribution in [0.4, 0.5) is 9.59 Å². The lowest BCUT2D eigenvalue weighted by Crippen LogP contribution is -2.40. The molecule has 0 saturated carbocycles. The zero-order valence-electron chi connectivity index (χ0n) is 18.2. The van der Waals surface area contributed by atoms with E-state index in [0.29, 0.717) is 4.90 Å². The fraction of sp³-hybridized carbons (Fsp3) is 0.812. The summed E-state index contributed by atoms with van der Waals surface area (Å²) in [5.74, 6) is -0.475. The minimum Gasteiger partial charge on any atom is -0.520 e. The van der Waals surface area contributed by atoms with Crippen molar-refractivity contribution in [2.45, 2.75) is 59.6 Å². The minimum absolute atomic E-state index is 0.0381. The summed E-state index contributed by atoms with van der Waals surface area (Å²) in [6.07, 6.45) is -2.73. The Kier molecular flexibility index (Phi) is 10.7. The van der Waals surface area contributed by atoms with E-state index in [1.54, 1.807) is 13.8 Å². The van der Waals surface area contributed by atoms with Crippen molar-refractivity contribution in [3.63, 3.8) is 0 Å². The van der Waals surface area contributed by atoms with Gasteiger partial charge in [-0.05, 0) is 53.1 Å². The molecule has 28 heavy (non-hydrogen) atoms. The molecule has 2 amide bonds. The molecule has 1 atom stereocenters. The molecule has 0 radical (unpaired) electrons. The van der Waals surface area contributed by atoms with Crippen LogP contribution in [0.3, 0.4) is 0 Å². The lowest BCUT2D eigenvalue weighted by molar-refractivity contribution is -0.134. The van der Waals surface area contributed by atoms with Crippen LogP contribution in [0.5, 0.6) is 0 Å². The van der Waals surface area contributed by atoms with Crippen LogP contribution in [-0.4, -0.2) is 65.4 Å². The van der Waals surface area contributed by atoms with Gasteiger partial charge in [0.15, 0.2) is 8.32 Å². The van der Waals surface area contributed by atoms with E-state index in [4.69, 9.17) is 18.1 Å². The number of hydrogen-bond acceptors (Lipinski definition) is 8. The highest BCUT2D eigenvalue weighted by atomic mass is 31.2. The van der Waals surface area contributed by atoms with Crippen molar-refractivity contribution in [2.75, 3.05) is 25.7 Å². The lowest BCUT2D eigenvalue weighted by Gasteiger charge is -2.30. The van der Waals surface area contributed by atoms with Crippen molar-refractivity contribution in [1.82, 2.24) is 4.90 Å². The molecule has 0 heterocycles. The molecule has 0 aromatic carbocycles. The molecule has 0 fully saturated rings. The zero-order chi connectivity index (χ0) is 22.2. The van der Waals surface area contributed by atoms with Crippen LogP contribution in [0.15, 0.2) is 0 Å². The molecule has 0 spiro atoms. The predicted molar refractivity (Wildman–Crippen MR) is 112 cm³/mol. The summed E-state index contributed by atoms with van der Waals surface area (Å²) in [5.41, 5.74) is 0. The highest BCUT2D eigenvalue weighted by Crippen LogP contribution is 2.50. The van der Waals surface area contributed by atoms with E-state index in [1.807, 2.05) is 39.3 Å². The zero-order valence-corrected chi connectivity index (χ0v) is 21.1. The Hall–Kier alpha value is -1.17. The SMILES string of the molecule is CCOC(=O)N(CP(=O)(CCC(=O)O[Si](C)(C)C)O[Si](C)(C)C)C(=O)OCC. The Balaban J connectivity index is 5.53. The molecule has 164 valence electrons. The summed E-state index contributed by atoms with van der Waals surface area (Å²) in [4.78, 5) is 37.1. The van der Waals surface area contributed by atoms with Gasteiger partial charge in [-0.25, -0.2) is 14.5 Å². The van der Waals surface area contributed by atoms with Crippen LogP contribution in [0.1, 0.15) is 20.3 Å². The molecule has 0 aromatic rings. The summed E-state index contributed by atoms with van der Waals surface area (Å²) in [5, 5.41) is 0. The van der Waals surface area contributed by atoms with Crippen molar-refractivity contribution >= 4 is 42.2 Å². The van der Waals surface area contributed by atoms with Gasteiger partial charge in [-0.3, -0.25) is 9.36 Å². The van der Waals surface area contributed by atoms with Crippen LogP contribution in [0.2, 0.25) is 39.3 Å². The quantitative estimate of drug-likeness (QED) is 0.351. The van der Waals surface area contributed by atoms with Gasteiger partial charge in [0.25, 0.3) is 5.97 Å². The van der Waals surface area contributed by atoms with Gasteiger partial charge in [0.05, 0.1) is 19.6 Å². The van der Waals surface area contributed by atoms with E-state index in [9.17, 15) is 18.9 Å². The van der Waals surface area contributed by atoms with E-state index in [2.05, 4.69) is 0 Å². The molecular formula is C16H34NO8PSi2. The Morgan fingerprint density at radius 1 is 0.857 bits per heavy atom. The average molecular weight is 456 g/mol. The van der Waals surface area contributed by atoms with Gasteiger partial charge < -0.3 is 18.1 Å². The summed E-state index contributed by atoms with van der Waals surface area (Å²) in [6, 6.07) is 0. The van der Waals surface area contributed by atoms with Crippen molar-refractivity contribution in [3.05, 3.63) is 0 Å². The monoisotopic (exact) mass is 455 g/mol. The average Bonchev–Trinajstić information content (AvgIpc) is 2.48. The third kappa shape index (κ3) is 11.6. The first-order valence-electron chi connectivity index (χ1n) is 9.24. The highest BCUT2D eigenvalue weighted by Gasteiger charge is 2.38. The second kappa shape index (κ2) is 11.1. The predicted octanol–water partition coefficient (Wildman–Crippen LogP) is 4.46. The maximum Gasteiger partial charge on any atom is 0.419 e.